The lowest BCUT2D eigenvalue weighted by molar-refractivity contribution is -0.158. The van der Waals surface area contributed by atoms with Gasteiger partial charge in [0.2, 0.25) is 5.91 Å². The summed E-state index contributed by atoms with van der Waals surface area (Å²) in [6, 6.07) is 6.20. The topological polar surface area (TPSA) is 50.3 Å². The summed E-state index contributed by atoms with van der Waals surface area (Å²) in [5.41, 5.74) is 0.530. The Kier molecular flexibility index (Phi) is 5.71. The van der Waals surface area contributed by atoms with Crippen molar-refractivity contribution in [1.29, 1.82) is 0 Å². The van der Waals surface area contributed by atoms with Crippen molar-refractivity contribution in [3.8, 4) is 0 Å². The molecule has 0 spiro atoms. The quantitative estimate of drug-likeness (QED) is 0.540. The summed E-state index contributed by atoms with van der Waals surface area (Å²) in [6.45, 7) is 7.16. The van der Waals surface area contributed by atoms with Gasteiger partial charge in [-0.15, -0.1) is 0 Å². The molecule has 1 aromatic heterocycles. The number of rotatable bonds is 3. The van der Waals surface area contributed by atoms with E-state index < -0.39 is 0 Å². The molecule has 32 heavy (non-hydrogen) atoms. The minimum Gasteiger partial charge on any atom is -0.342 e. The Balaban J connectivity index is 1.34. The van der Waals surface area contributed by atoms with Gasteiger partial charge >= 0.3 is 0 Å². The third-order valence-electron chi connectivity index (χ3n) is 10.4. The summed E-state index contributed by atoms with van der Waals surface area (Å²) in [4.78, 5) is 32.0. The number of thioether (sulfide) groups is 1. The second kappa shape index (κ2) is 8.14. The Morgan fingerprint density at radius 2 is 1.88 bits per heavy atom. The number of carbonyl (C=O) groups is 2. The molecule has 4 fully saturated rings. The van der Waals surface area contributed by atoms with Crippen LogP contribution in [0.2, 0.25) is 0 Å². The van der Waals surface area contributed by atoms with Crippen LogP contribution in [0.1, 0.15) is 72.1 Å². The van der Waals surface area contributed by atoms with Gasteiger partial charge in [0.1, 0.15) is 5.03 Å². The first-order valence-corrected chi connectivity index (χ1v) is 13.5. The van der Waals surface area contributed by atoms with Crippen LogP contribution in [-0.2, 0) is 9.59 Å². The summed E-state index contributed by atoms with van der Waals surface area (Å²) >= 11 is 1.33. The van der Waals surface area contributed by atoms with Gasteiger partial charge in [0.15, 0.2) is 5.12 Å². The van der Waals surface area contributed by atoms with Gasteiger partial charge < -0.3 is 4.90 Å². The highest BCUT2D eigenvalue weighted by molar-refractivity contribution is 8.13. The molecule has 0 aromatic carbocycles. The number of carbonyl (C=O) groups excluding carboxylic acids is 2. The lowest BCUT2D eigenvalue weighted by Crippen LogP contribution is -2.61. The van der Waals surface area contributed by atoms with Gasteiger partial charge in [-0.2, -0.15) is 0 Å². The molecule has 0 bridgehead atoms. The van der Waals surface area contributed by atoms with E-state index in [1.165, 1.54) is 43.9 Å². The average molecular weight is 455 g/mol. The maximum absolute atomic E-state index is 13.2. The van der Waals surface area contributed by atoms with Crippen LogP contribution in [0, 0.1) is 40.4 Å². The number of aromatic nitrogens is 1. The summed E-state index contributed by atoms with van der Waals surface area (Å²) in [5.74, 6) is 3.08. The van der Waals surface area contributed by atoms with Crippen molar-refractivity contribution >= 4 is 22.8 Å². The van der Waals surface area contributed by atoms with Gasteiger partial charge in [-0.25, -0.2) is 4.98 Å². The largest absolute Gasteiger partial charge is 0.342 e. The van der Waals surface area contributed by atoms with Crippen LogP contribution in [0.25, 0.3) is 0 Å². The van der Waals surface area contributed by atoms with Crippen molar-refractivity contribution < 1.29 is 9.59 Å². The molecule has 0 radical (unpaired) electrons. The fraction of sp³-hybridized carbons (Fsp3) is 0.741. The predicted octanol–water partition coefficient (Wildman–Crippen LogP) is 5.82. The number of hydrogen-bond donors (Lipinski definition) is 0. The lowest BCUT2D eigenvalue weighted by atomic mass is 9.46. The third-order valence-corrected chi connectivity index (χ3v) is 11.5. The number of hydrogen-bond acceptors (Lipinski definition) is 4. The van der Waals surface area contributed by atoms with Crippen molar-refractivity contribution in [3.05, 3.63) is 24.4 Å². The molecule has 4 aliphatic rings. The normalized spacial score (nSPS) is 42.1. The predicted molar refractivity (Wildman–Crippen MR) is 128 cm³/mol. The molecular weight excluding hydrogens is 416 g/mol. The number of fused-ring (bicyclic) bond motifs is 5. The van der Waals surface area contributed by atoms with Crippen LogP contribution < -0.4 is 0 Å². The molecule has 8 atom stereocenters. The van der Waals surface area contributed by atoms with Gasteiger partial charge in [-0.05, 0) is 103 Å². The van der Waals surface area contributed by atoms with Gasteiger partial charge in [0, 0.05) is 31.6 Å². The molecule has 174 valence electrons. The average Bonchev–Trinajstić information content (AvgIpc) is 3.14. The Labute approximate surface area is 197 Å². The monoisotopic (exact) mass is 454 g/mol. The van der Waals surface area contributed by atoms with Crippen LogP contribution in [0.3, 0.4) is 0 Å². The van der Waals surface area contributed by atoms with Crippen molar-refractivity contribution in [3.63, 3.8) is 0 Å². The molecule has 1 aliphatic heterocycles. The third kappa shape index (κ3) is 3.36. The van der Waals surface area contributed by atoms with E-state index in [1.807, 2.05) is 25.2 Å². The van der Waals surface area contributed by atoms with E-state index in [2.05, 4.69) is 30.7 Å². The van der Waals surface area contributed by atoms with E-state index in [0.717, 1.165) is 35.6 Å². The Hall–Kier alpha value is -1.36. The Morgan fingerprint density at radius 3 is 2.62 bits per heavy atom. The van der Waals surface area contributed by atoms with E-state index >= 15 is 0 Å². The van der Waals surface area contributed by atoms with Gasteiger partial charge in [-0.1, -0.05) is 26.8 Å². The Morgan fingerprint density at radius 1 is 1.09 bits per heavy atom. The molecule has 7 unspecified atom stereocenters. The summed E-state index contributed by atoms with van der Waals surface area (Å²) in [6.07, 6.45) is 10.9. The summed E-state index contributed by atoms with van der Waals surface area (Å²) < 4.78 is 0. The minimum atomic E-state index is 0.0684. The molecule has 1 saturated heterocycles. The van der Waals surface area contributed by atoms with Crippen molar-refractivity contribution in [1.82, 2.24) is 9.88 Å². The molecule has 0 N–H and O–H groups in total. The highest BCUT2D eigenvalue weighted by Gasteiger charge is 2.61. The van der Waals surface area contributed by atoms with E-state index in [1.54, 1.807) is 6.20 Å². The number of piperidine rings is 1. The fourth-order valence-corrected chi connectivity index (χ4v) is 9.60. The first-order chi connectivity index (χ1) is 15.3. The van der Waals surface area contributed by atoms with Crippen LogP contribution >= 0.6 is 11.8 Å². The molecule has 3 aliphatic carbocycles. The minimum absolute atomic E-state index is 0.0684. The first-order valence-electron chi connectivity index (χ1n) is 12.6. The zero-order valence-corrected chi connectivity index (χ0v) is 20.9. The van der Waals surface area contributed by atoms with E-state index in [0.29, 0.717) is 24.3 Å². The highest BCUT2D eigenvalue weighted by Crippen LogP contribution is 2.67. The number of pyridine rings is 1. The van der Waals surface area contributed by atoms with Crippen LogP contribution in [-0.4, -0.2) is 34.0 Å². The maximum Gasteiger partial charge on any atom is 0.222 e. The first kappa shape index (κ1) is 22.4. The maximum atomic E-state index is 13.2. The molecule has 5 heteroatoms. The molecule has 1 aromatic rings. The second-order valence-corrected chi connectivity index (χ2v) is 12.6. The zero-order chi connectivity index (χ0) is 22.7. The molecule has 3 saturated carbocycles. The zero-order valence-electron chi connectivity index (χ0n) is 20.0. The van der Waals surface area contributed by atoms with Gasteiger partial charge in [0.25, 0.3) is 0 Å². The number of nitrogens with zero attached hydrogens (tertiary/aromatic N) is 2. The van der Waals surface area contributed by atoms with Gasteiger partial charge in [-0.3, -0.25) is 9.59 Å². The van der Waals surface area contributed by atoms with Crippen molar-refractivity contribution in [2.75, 3.05) is 7.05 Å². The molecule has 4 nitrogen and oxygen atoms in total. The Bertz CT molecular complexity index is 891. The van der Waals surface area contributed by atoms with Gasteiger partial charge in [0.05, 0.1) is 0 Å². The van der Waals surface area contributed by atoms with E-state index in [9.17, 15) is 9.59 Å². The van der Waals surface area contributed by atoms with Crippen molar-refractivity contribution in [2.24, 2.45) is 40.4 Å². The van der Waals surface area contributed by atoms with E-state index in [4.69, 9.17) is 0 Å². The highest BCUT2D eigenvalue weighted by atomic mass is 32.2. The smallest absolute Gasteiger partial charge is 0.222 e. The van der Waals surface area contributed by atoms with Crippen molar-refractivity contribution in [2.45, 2.75) is 83.2 Å². The fourth-order valence-electron chi connectivity index (χ4n) is 8.78. The van der Waals surface area contributed by atoms with Crippen LogP contribution in [0.5, 0.6) is 0 Å². The summed E-state index contributed by atoms with van der Waals surface area (Å²) in [7, 11) is 2.04. The molecule has 5 rings (SSSR count). The lowest BCUT2D eigenvalue weighted by Gasteiger charge is -2.62. The number of likely N-dealkylation sites (tertiary alicyclic amines) is 1. The molecular formula is C27H38N2O2S. The SMILES string of the molecule is C[C@H](C(=O)Sc1ccccn1)C1CCC2C3CCC4N(C)C(=O)CCC4(C)C3CCC21C. The second-order valence-electron chi connectivity index (χ2n) is 11.6. The standard InChI is InChI=1S/C27H38N2O2S/c1-17(25(31)32-23-7-5-6-16-28-23)19-9-10-20-18-8-11-22-27(3,15-13-24(30)29(22)4)21(18)12-14-26(19,20)2/h5-7,16-22H,8-15H2,1-4H3/t17-,18?,19?,20?,21?,22?,26?,27?/m0/s1. The van der Waals surface area contributed by atoms with E-state index in [-0.39, 0.29) is 21.9 Å². The van der Waals surface area contributed by atoms with Crippen LogP contribution in [0.15, 0.2) is 29.4 Å². The number of amides is 1. The van der Waals surface area contributed by atoms with Crippen LogP contribution in [0.4, 0.5) is 0 Å². The molecule has 1 amide bonds. The molecule has 2 heterocycles. The summed E-state index contributed by atoms with van der Waals surface area (Å²) in [5, 5.41) is 1.09.